The standard InChI is InChI=1S/C18H16ClNO2/c1-2-18(21)20-14-7-3-12-4-10-17(16(12)11-14)22-15-8-5-13(19)6-9-15/h2-3,5-9,11,17H,1,4,10H2,(H,20,21). The van der Waals surface area contributed by atoms with Crippen LogP contribution in [0.3, 0.4) is 0 Å². The molecule has 1 aliphatic rings. The molecule has 3 rings (SSSR count). The van der Waals surface area contributed by atoms with Gasteiger partial charge in [0.25, 0.3) is 0 Å². The first-order chi connectivity index (χ1) is 10.7. The fourth-order valence-electron chi connectivity index (χ4n) is 2.64. The number of rotatable bonds is 4. The van der Waals surface area contributed by atoms with Gasteiger partial charge in [-0.2, -0.15) is 0 Å². The Hall–Kier alpha value is -2.26. The molecule has 0 heterocycles. The van der Waals surface area contributed by atoms with Crippen LogP contribution in [-0.2, 0) is 11.2 Å². The Kier molecular flexibility index (Phi) is 4.16. The van der Waals surface area contributed by atoms with E-state index < -0.39 is 0 Å². The van der Waals surface area contributed by atoms with Crippen molar-refractivity contribution in [2.75, 3.05) is 5.32 Å². The Morgan fingerprint density at radius 1 is 1.27 bits per heavy atom. The number of carbonyl (C=O) groups excluding carboxylic acids is 1. The highest BCUT2D eigenvalue weighted by molar-refractivity contribution is 6.30. The van der Waals surface area contributed by atoms with Gasteiger partial charge in [0.15, 0.2) is 0 Å². The van der Waals surface area contributed by atoms with E-state index in [0.717, 1.165) is 29.8 Å². The van der Waals surface area contributed by atoms with E-state index in [1.165, 1.54) is 11.6 Å². The summed E-state index contributed by atoms with van der Waals surface area (Å²) in [7, 11) is 0. The van der Waals surface area contributed by atoms with Gasteiger partial charge in [0, 0.05) is 10.7 Å². The highest BCUT2D eigenvalue weighted by atomic mass is 35.5. The van der Waals surface area contributed by atoms with Crippen molar-refractivity contribution < 1.29 is 9.53 Å². The Bertz CT molecular complexity index is 710. The Morgan fingerprint density at radius 3 is 2.77 bits per heavy atom. The fourth-order valence-corrected chi connectivity index (χ4v) is 2.76. The molecule has 0 saturated heterocycles. The first-order valence-electron chi connectivity index (χ1n) is 7.14. The molecule has 0 saturated carbocycles. The van der Waals surface area contributed by atoms with Gasteiger partial charge in [-0.25, -0.2) is 0 Å². The summed E-state index contributed by atoms with van der Waals surface area (Å²) in [4.78, 5) is 11.4. The molecule has 1 N–H and O–H groups in total. The molecule has 1 atom stereocenters. The second kappa shape index (κ2) is 6.24. The molecule has 1 aliphatic carbocycles. The van der Waals surface area contributed by atoms with E-state index in [4.69, 9.17) is 16.3 Å². The predicted molar refractivity (Wildman–Crippen MR) is 88.4 cm³/mol. The molecule has 2 aromatic carbocycles. The van der Waals surface area contributed by atoms with Gasteiger partial charge in [0.05, 0.1) is 0 Å². The number of ether oxygens (including phenoxy) is 1. The fraction of sp³-hybridized carbons (Fsp3) is 0.167. The smallest absolute Gasteiger partial charge is 0.247 e. The molecule has 3 nitrogen and oxygen atoms in total. The Balaban J connectivity index is 1.80. The van der Waals surface area contributed by atoms with Crippen molar-refractivity contribution in [3.05, 3.63) is 71.3 Å². The molecule has 2 aromatic rings. The summed E-state index contributed by atoms with van der Waals surface area (Å²) >= 11 is 5.89. The zero-order valence-corrected chi connectivity index (χ0v) is 12.8. The minimum Gasteiger partial charge on any atom is -0.486 e. The summed E-state index contributed by atoms with van der Waals surface area (Å²) < 4.78 is 6.05. The molecule has 0 aliphatic heterocycles. The van der Waals surface area contributed by atoms with Crippen LogP contribution < -0.4 is 10.1 Å². The number of aryl methyl sites for hydroxylation is 1. The zero-order valence-electron chi connectivity index (χ0n) is 12.0. The second-order valence-corrected chi connectivity index (χ2v) is 5.64. The van der Waals surface area contributed by atoms with Crippen molar-refractivity contribution in [3.63, 3.8) is 0 Å². The van der Waals surface area contributed by atoms with E-state index in [-0.39, 0.29) is 12.0 Å². The molecule has 0 aromatic heterocycles. The zero-order chi connectivity index (χ0) is 15.5. The van der Waals surface area contributed by atoms with Crippen molar-refractivity contribution in [1.82, 2.24) is 0 Å². The summed E-state index contributed by atoms with van der Waals surface area (Å²) in [5.74, 6) is 0.580. The van der Waals surface area contributed by atoms with Gasteiger partial charge < -0.3 is 10.1 Å². The monoisotopic (exact) mass is 313 g/mol. The maximum atomic E-state index is 11.4. The highest BCUT2D eigenvalue weighted by Gasteiger charge is 2.24. The lowest BCUT2D eigenvalue weighted by molar-refractivity contribution is -0.111. The maximum absolute atomic E-state index is 11.4. The minimum absolute atomic E-state index is 0.00300. The molecule has 0 fully saturated rings. The third kappa shape index (κ3) is 3.15. The molecule has 112 valence electrons. The van der Waals surface area contributed by atoms with Crippen molar-refractivity contribution in [2.24, 2.45) is 0 Å². The Labute approximate surface area is 134 Å². The lowest BCUT2D eigenvalue weighted by atomic mass is 10.1. The van der Waals surface area contributed by atoms with E-state index in [9.17, 15) is 4.79 Å². The molecule has 0 spiro atoms. The SMILES string of the molecule is C=CC(=O)Nc1ccc2c(c1)C(Oc1ccc(Cl)cc1)CC2. The molecule has 1 unspecified atom stereocenters. The molecule has 4 heteroatoms. The number of anilines is 1. The van der Waals surface area contributed by atoms with E-state index in [2.05, 4.69) is 11.9 Å². The van der Waals surface area contributed by atoms with Crippen LogP contribution in [0.2, 0.25) is 5.02 Å². The highest BCUT2D eigenvalue weighted by Crippen LogP contribution is 2.36. The minimum atomic E-state index is -0.215. The molecule has 22 heavy (non-hydrogen) atoms. The number of benzene rings is 2. The second-order valence-electron chi connectivity index (χ2n) is 5.21. The van der Waals surface area contributed by atoms with Gasteiger partial charge in [0.1, 0.15) is 11.9 Å². The number of carbonyl (C=O) groups is 1. The van der Waals surface area contributed by atoms with Crippen LogP contribution in [-0.4, -0.2) is 5.91 Å². The van der Waals surface area contributed by atoms with E-state index in [1.54, 1.807) is 0 Å². The third-order valence-electron chi connectivity index (χ3n) is 3.71. The molecular weight excluding hydrogens is 298 g/mol. The van der Waals surface area contributed by atoms with Crippen molar-refractivity contribution in [3.8, 4) is 5.75 Å². The number of halogens is 1. The molecule has 0 bridgehead atoms. The predicted octanol–water partition coefficient (Wildman–Crippen LogP) is 4.53. The first-order valence-corrected chi connectivity index (χ1v) is 7.52. The van der Waals surface area contributed by atoms with E-state index in [0.29, 0.717) is 5.02 Å². The van der Waals surface area contributed by atoms with Crippen LogP contribution in [0.25, 0.3) is 0 Å². The average Bonchev–Trinajstić information content (AvgIpc) is 2.92. The van der Waals surface area contributed by atoms with Crippen LogP contribution in [0.4, 0.5) is 5.69 Å². The molecule has 0 radical (unpaired) electrons. The first kappa shape index (κ1) is 14.7. The van der Waals surface area contributed by atoms with Gasteiger partial charge >= 0.3 is 0 Å². The van der Waals surface area contributed by atoms with Crippen LogP contribution in [0.15, 0.2) is 55.1 Å². The van der Waals surface area contributed by atoms with E-state index >= 15 is 0 Å². The summed E-state index contributed by atoms with van der Waals surface area (Å²) in [5, 5.41) is 3.47. The lowest BCUT2D eigenvalue weighted by Gasteiger charge is -2.16. The normalized spacial score (nSPS) is 16.0. The lowest BCUT2D eigenvalue weighted by Crippen LogP contribution is -2.09. The van der Waals surface area contributed by atoms with Crippen LogP contribution >= 0.6 is 11.6 Å². The van der Waals surface area contributed by atoms with Gasteiger partial charge in [0.2, 0.25) is 5.91 Å². The summed E-state index contributed by atoms with van der Waals surface area (Å²) in [5.41, 5.74) is 3.14. The topological polar surface area (TPSA) is 38.3 Å². The summed E-state index contributed by atoms with van der Waals surface area (Å²) in [6, 6.07) is 13.3. The van der Waals surface area contributed by atoms with Crippen LogP contribution in [0, 0.1) is 0 Å². The van der Waals surface area contributed by atoms with Crippen LogP contribution in [0.5, 0.6) is 5.75 Å². The van der Waals surface area contributed by atoms with Crippen molar-refractivity contribution >= 4 is 23.2 Å². The van der Waals surface area contributed by atoms with Gasteiger partial charge in [-0.3, -0.25) is 4.79 Å². The number of amides is 1. The Morgan fingerprint density at radius 2 is 2.05 bits per heavy atom. The number of fused-ring (bicyclic) bond motifs is 1. The van der Waals surface area contributed by atoms with Gasteiger partial charge in [-0.05, 0) is 66.4 Å². The number of hydrogen-bond acceptors (Lipinski definition) is 2. The van der Waals surface area contributed by atoms with Crippen molar-refractivity contribution in [2.45, 2.75) is 18.9 Å². The molecular formula is C18H16ClNO2. The number of hydrogen-bond donors (Lipinski definition) is 1. The third-order valence-corrected chi connectivity index (χ3v) is 3.97. The summed E-state index contributed by atoms with van der Waals surface area (Å²) in [6.45, 7) is 3.46. The average molecular weight is 314 g/mol. The maximum Gasteiger partial charge on any atom is 0.247 e. The quantitative estimate of drug-likeness (QED) is 0.842. The van der Waals surface area contributed by atoms with E-state index in [1.807, 2.05) is 42.5 Å². The van der Waals surface area contributed by atoms with Gasteiger partial charge in [-0.15, -0.1) is 0 Å². The largest absolute Gasteiger partial charge is 0.486 e. The van der Waals surface area contributed by atoms with Gasteiger partial charge in [-0.1, -0.05) is 24.2 Å². The van der Waals surface area contributed by atoms with Crippen LogP contribution in [0.1, 0.15) is 23.7 Å². The van der Waals surface area contributed by atoms with Crippen molar-refractivity contribution in [1.29, 1.82) is 0 Å². The molecule has 1 amide bonds. The number of nitrogens with one attached hydrogen (secondary N) is 1. The summed E-state index contributed by atoms with van der Waals surface area (Å²) in [6.07, 6.45) is 3.16.